The Kier molecular flexibility index (Phi) is 9.81. The molecule has 0 unspecified atom stereocenters. The van der Waals surface area contributed by atoms with Crippen LogP contribution in [0.25, 0.3) is 0 Å². The second kappa shape index (κ2) is 9.59. The minimum atomic E-state index is -2.03. The van der Waals surface area contributed by atoms with E-state index in [1.54, 1.807) is 0 Å². The van der Waals surface area contributed by atoms with Crippen molar-refractivity contribution >= 4 is 25.2 Å². The quantitative estimate of drug-likeness (QED) is 0.416. The number of unbranched alkanes of at least 4 members (excludes halogenated alkanes) is 2. The van der Waals surface area contributed by atoms with Crippen LogP contribution in [-0.4, -0.2) is 38.3 Å². The zero-order chi connectivity index (χ0) is 16.6. The van der Waals surface area contributed by atoms with Gasteiger partial charge in [-0.3, -0.25) is 0 Å². The van der Waals surface area contributed by atoms with Gasteiger partial charge in [-0.15, -0.1) is 0 Å². The van der Waals surface area contributed by atoms with Gasteiger partial charge >= 0.3 is 8.56 Å². The molecule has 0 atom stereocenters. The fraction of sp³-hybridized carbons (Fsp3) is 1.00. The van der Waals surface area contributed by atoms with Gasteiger partial charge in [0.1, 0.15) is 0 Å². The average Bonchev–Trinajstić information content (AvgIpc) is 2.25. The lowest BCUT2D eigenvalue weighted by atomic mass is 10.3. The molecule has 0 saturated heterocycles. The molecule has 0 rings (SSSR count). The Hall–Kier alpha value is 0.491. The third-order valence-electron chi connectivity index (χ3n) is 3.51. The van der Waals surface area contributed by atoms with Crippen LogP contribution in [0.1, 0.15) is 25.7 Å². The third-order valence-corrected chi connectivity index (χ3v) is 15.0. The van der Waals surface area contributed by atoms with Gasteiger partial charge in [-0.2, -0.15) is 0 Å². The van der Waals surface area contributed by atoms with Gasteiger partial charge in [-0.05, 0) is 77.3 Å². The molecule has 0 aromatic heterocycles. The Morgan fingerprint density at radius 3 is 1.24 bits per heavy atom. The van der Waals surface area contributed by atoms with Crippen LogP contribution in [0, 0.1) is 0 Å². The van der Waals surface area contributed by atoms with Crippen LogP contribution in [0.4, 0.5) is 0 Å². The van der Waals surface area contributed by atoms with Crippen molar-refractivity contribution in [3.63, 3.8) is 0 Å². The first kappa shape index (κ1) is 21.5. The van der Waals surface area contributed by atoms with Gasteiger partial charge in [0.05, 0.1) is 0 Å². The Morgan fingerprint density at radius 2 is 0.952 bits per heavy atom. The Bertz CT molecular complexity index is 261. The van der Waals surface area contributed by atoms with E-state index in [0.29, 0.717) is 0 Å². The monoisotopic (exact) mass is 350 g/mol. The van der Waals surface area contributed by atoms with Crippen LogP contribution in [0.3, 0.4) is 0 Å². The number of nitrogens with two attached hydrogens (primary N) is 2. The molecule has 21 heavy (non-hydrogen) atoms. The highest BCUT2D eigenvalue weighted by atomic mass is 28.5. The summed E-state index contributed by atoms with van der Waals surface area (Å²) in [4.78, 5) is 0. The molecule has 7 heteroatoms. The Labute approximate surface area is 135 Å². The topological polar surface area (TPSA) is 70.5 Å². The van der Waals surface area contributed by atoms with Crippen LogP contribution in [-0.2, 0) is 8.23 Å². The molecule has 4 nitrogen and oxygen atoms in total. The summed E-state index contributed by atoms with van der Waals surface area (Å²) in [6, 6.07) is 2.36. The van der Waals surface area contributed by atoms with Gasteiger partial charge in [0.25, 0.3) is 0 Å². The second-order valence-electron chi connectivity index (χ2n) is 7.61. The Balaban J connectivity index is 4.38. The SMILES string of the molecule is C[Si](C)(CCCCN)O[Si](C)(C)O[Si](C)(C)CCCCN. The highest BCUT2D eigenvalue weighted by Gasteiger charge is 2.39. The average molecular weight is 351 g/mol. The van der Waals surface area contributed by atoms with Crippen molar-refractivity contribution in [1.29, 1.82) is 0 Å². The first-order valence-corrected chi connectivity index (χ1v) is 17.4. The summed E-state index contributed by atoms with van der Waals surface area (Å²) < 4.78 is 13.1. The molecule has 128 valence electrons. The molecular formula is C14H38N2O2Si3. The summed E-state index contributed by atoms with van der Waals surface area (Å²) in [6.07, 6.45) is 4.55. The zero-order valence-electron chi connectivity index (χ0n) is 15.1. The van der Waals surface area contributed by atoms with E-state index in [1.807, 2.05) is 0 Å². The molecule has 0 aromatic rings. The molecule has 0 aliphatic rings. The van der Waals surface area contributed by atoms with Gasteiger partial charge in [0, 0.05) is 0 Å². The van der Waals surface area contributed by atoms with E-state index in [2.05, 4.69) is 39.3 Å². The molecule has 0 aliphatic carbocycles. The van der Waals surface area contributed by atoms with E-state index in [-0.39, 0.29) is 0 Å². The largest absolute Gasteiger partial charge is 0.437 e. The summed E-state index contributed by atoms with van der Waals surface area (Å²) in [5.41, 5.74) is 11.2. The van der Waals surface area contributed by atoms with Crippen molar-refractivity contribution in [2.24, 2.45) is 11.5 Å². The highest BCUT2D eigenvalue weighted by molar-refractivity contribution is 6.87. The maximum atomic E-state index is 6.54. The van der Waals surface area contributed by atoms with Crippen LogP contribution < -0.4 is 11.5 Å². The fourth-order valence-corrected chi connectivity index (χ4v) is 17.1. The first-order valence-electron chi connectivity index (χ1n) is 8.34. The molecule has 4 N–H and O–H groups in total. The summed E-state index contributed by atoms with van der Waals surface area (Å²) in [7, 11) is -5.29. The minimum absolute atomic E-state index is 0.781. The van der Waals surface area contributed by atoms with Crippen LogP contribution >= 0.6 is 0 Å². The van der Waals surface area contributed by atoms with Crippen molar-refractivity contribution in [2.45, 2.75) is 77.1 Å². The van der Waals surface area contributed by atoms with Gasteiger partial charge in [-0.1, -0.05) is 12.8 Å². The Morgan fingerprint density at radius 1 is 0.619 bits per heavy atom. The summed E-state index contributed by atoms with van der Waals surface area (Å²) in [5, 5.41) is 0. The van der Waals surface area contributed by atoms with Crippen LogP contribution in [0.5, 0.6) is 0 Å². The van der Waals surface area contributed by atoms with Crippen LogP contribution in [0.2, 0.25) is 51.4 Å². The molecule has 0 aliphatic heterocycles. The highest BCUT2D eigenvalue weighted by Crippen LogP contribution is 2.26. The van der Waals surface area contributed by atoms with Crippen molar-refractivity contribution < 1.29 is 8.23 Å². The lowest BCUT2D eigenvalue weighted by molar-refractivity contribution is 0.386. The van der Waals surface area contributed by atoms with Gasteiger partial charge < -0.3 is 19.7 Å². The first-order chi connectivity index (χ1) is 9.54. The van der Waals surface area contributed by atoms with E-state index < -0.39 is 25.2 Å². The van der Waals surface area contributed by atoms with Crippen molar-refractivity contribution in [1.82, 2.24) is 0 Å². The predicted octanol–water partition coefficient (Wildman–Crippen LogP) is 3.61. The lowest BCUT2D eigenvalue weighted by Crippen LogP contribution is -2.52. The van der Waals surface area contributed by atoms with Crippen molar-refractivity contribution in [3.8, 4) is 0 Å². The zero-order valence-corrected chi connectivity index (χ0v) is 18.1. The molecule has 0 spiro atoms. The number of hydrogen-bond donors (Lipinski definition) is 2. The molecule has 0 radical (unpaired) electrons. The second-order valence-corrected chi connectivity index (χ2v) is 20.1. The smallest absolute Gasteiger partial charge is 0.311 e. The third kappa shape index (κ3) is 11.7. The summed E-state index contributed by atoms with van der Waals surface area (Å²) in [5.74, 6) is 0. The van der Waals surface area contributed by atoms with Gasteiger partial charge in [0.15, 0.2) is 16.6 Å². The number of rotatable bonds is 12. The van der Waals surface area contributed by atoms with Crippen molar-refractivity contribution in [2.75, 3.05) is 13.1 Å². The van der Waals surface area contributed by atoms with E-state index in [0.717, 1.165) is 25.9 Å². The molecule has 0 heterocycles. The van der Waals surface area contributed by atoms with Crippen molar-refractivity contribution in [3.05, 3.63) is 0 Å². The lowest BCUT2D eigenvalue weighted by Gasteiger charge is -2.38. The maximum absolute atomic E-state index is 6.54. The molecule has 0 aromatic carbocycles. The normalized spacial score (nSPS) is 13.7. The maximum Gasteiger partial charge on any atom is 0.311 e. The predicted molar refractivity (Wildman–Crippen MR) is 101 cm³/mol. The molecule has 0 fully saturated rings. The number of hydrogen-bond acceptors (Lipinski definition) is 4. The van der Waals surface area contributed by atoms with Crippen LogP contribution in [0.15, 0.2) is 0 Å². The van der Waals surface area contributed by atoms with E-state index >= 15 is 0 Å². The molecular weight excluding hydrogens is 312 g/mol. The van der Waals surface area contributed by atoms with Gasteiger partial charge in [0.2, 0.25) is 0 Å². The van der Waals surface area contributed by atoms with E-state index in [4.69, 9.17) is 19.7 Å². The van der Waals surface area contributed by atoms with E-state index in [1.165, 1.54) is 24.9 Å². The summed E-state index contributed by atoms with van der Waals surface area (Å²) >= 11 is 0. The molecule has 0 saturated carbocycles. The standard InChI is InChI=1S/C14H38N2O2Si3/c1-19(2,13-9-7-11-15)17-21(5,6)18-20(3,4)14-10-8-12-16/h7-16H2,1-6H3. The van der Waals surface area contributed by atoms with E-state index in [9.17, 15) is 0 Å². The molecule has 0 bridgehead atoms. The summed E-state index contributed by atoms with van der Waals surface area (Å²) in [6.45, 7) is 15.2. The minimum Gasteiger partial charge on any atom is -0.437 e. The molecule has 0 amide bonds. The van der Waals surface area contributed by atoms with Gasteiger partial charge in [-0.25, -0.2) is 0 Å². The fourth-order valence-electron chi connectivity index (χ4n) is 2.84.